The fourth-order valence-corrected chi connectivity index (χ4v) is 3.72. The summed E-state index contributed by atoms with van der Waals surface area (Å²) in [5.74, 6) is 0.944. The van der Waals surface area contributed by atoms with Gasteiger partial charge in [-0.2, -0.15) is 0 Å². The number of pyridine rings is 1. The van der Waals surface area contributed by atoms with Crippen LogP contribution in [0.15, 0.2) is 18.6 Å². The Morgan fingerprint density at radius 1 is 1.25 bits per heavy atom. The van der Waals surface area contributed by atoms with E-state index >= 15 is 0 Å². The highest BCUT2D eigenvalue weighted by molar-refractivity contribution is 5.85. The van der Waals surface area contributed by atoms with Crippen molar-refractivity contribution in [1.82, 2.24) is 19.4 Å². The van der Waals surface area contributed by atoms with Crippen molar-refractivity contribution in [2.24, 2.45) is 7.05 Å². The third-order valence-electron chi connectivity index (χ3n) is 4.80. The molecule has 2 aromatic heterocycles. The van der Waals surface area contributed by atoms with Crippen LogP contribution < -0.4 is 5.32 Å². The van der Waals surface area contributed by atoms with Gasteiger partial charge in [0, 0.05) is 31.9 Å². The SMILES string of the molecule is Cn1cnc2c(NC3CCN4CCCC4C3)nccc21. The first-order chi connectivity index (χ1) is 9.81. The predicted octanol–water partition coefficient (Wildman–Crippen LogP) is 2.01. The summed E-state index contributed by atoms with van der Waals surface area (Å²) >= 11 is 0. The molecule has 5 heteroatoms. The second kappa shape index (κ2) is 4.74. The lowest BCUT2D eigenvalue weighted by Gasteiger charge is -2.35. The average molecular weight is 271 g/mol. The number of aromatic nitrogens is 3. The Bertz CT molecular complexity index is 620. The molecule has 2 unspecified atom stereocenters. The first kappa shape index (κ1) is 12.1. The minimum atomic E-state index is 0.537. The van der Waals surface area contributed by atoms with Gasteiger partial charge in [-0.05, 0) is 38.3 Å². The molecule has 20 heavy (non-hydrogen) atoms. The second-order valence-corrected chi connectivity index (χ2v) is 6.08. The Balaban J connectivity index is 1.55. The van der Waals surface area contributed by atoms with Crippen molar-refractivity contribution in [1.29, 1.82) is 0 Å². The summed E-state index contributed by atoms with van der Waals surface area (Å²) in [6.07, 6.45) is 8.91. The summed E-state index contributed by atoms with van der Waals surface area (Å²) < 4.78 is 2.04. The molecule has 0 amide bonds. The first-order valence-electron chi connectivity index (χ1n) is 7.58. The third-order valence-corrected chi connectivity index (χ3v) is 4.80. The molecule has 5 nitrogen and oxygen atoms in total. The molecular weight excluding hydrogens is 250 g/mol. The van der Waals surface area contributed by atoms with Gasteiger partial charge in [0.2, 0.25) is 0 Å². The standard InChI is InChI=1S/C15H21N5/c1-19-10-17-14-13(19)4-6-16-15(14)18-11-5-8-20-7-2-3-12(20)9-11/h4,6,10-12H,2-3,5,7-9H2,1H3,(H,16,18). The van der Waals surface area contributed by atoms with Crippen LogP contribution in [0.5, 0.6) is 0 Å². The zero-order chi connectivity index (χ0) is 13.5. The van der Waals surface area contributed by atoms with Crippen molar-refractivity contribution in [2.45, 2.75) is 37.8 Å². The molecule has 2 atom stereocenters. The normalized spacial score (nSPS) is 26.9. The molecule has 4 rings (SSSR count). The van der Waals surface area contributed by atoms with E-state index in [0.717, 1.165) is 22.9 Å². The molecule has 2 aromatic rings. The number of hydrogen-bond acceptors (Lipinski definition) is 4. The Morgan fingerprint density at radius 3 is 3.15 bits per heavy atom. The van der Waals surface area contributed by atoms with Gasteiger partial charge in [-0.3, -0.25) is 0 Å². The van der Waals surface area contributed by atoms with Crippen molar-refractivity contribution in [2.75, 3.05) is 18.4 Å². The van der Waals surface area contributed by atoms with E-state index in [1.165, 1.54) is 38.8 Å². The Morgan fingerprint density at radius 2 is 2.20 bits per heavy atom. The van der Waals surface area contributed by atoms with Crippen molar-refractivity contribution in [3.05, 3.63) is 18.6 Å². The van der Waals surface area contributed by atoms with E-state index in [1.54, 1.807) is 0 Å². The largest absolute Gasteiger partial charge is 0.365 e. The predicted molar refractivity (Wildman–Crippen MR) is 79.7 cm³/mol. The van der Waals surface area contributed by atoms with Gasteiger partial charge < -0.3 is 14.8 Å². The average Bonchev–Trinajstić information content (AvgIpc) is 3.06. The number of nitrogens with one attached hydrogen (secondary N) is 1. The molecule has 106 valence electrons. The highest BCUT2D eigenvalue weighted by Gasteiger charge is 2.31. The summed E-state index contributed by atoms with van der Waals surface area (Å²) in [6, 6.07) is 3.34. The monoisotopic (exact) mass is 271 g/mol. The van der Waals surface area contributed by atoms with Gasteiger partial charge in [-0.15, -0.1) is 0 Å². The summed E-state index contributed by atoms with van der Waals surface area (Å²) in [5.41, 5.74) is 2.13. The van der Waals surface area contributed by atoms with Gasteiger partial charge in [0.05, 0.1) is 11.8 Å². The Labute approximate surface area is 119 Å². The third kappa shape index (κ3) is 1.97. The Hall–Kier alpha value is -1.62. The van der Waals surface area contributed by atoms with Crippen LogP contribution in [-0.4, -0.2) is 44.6 Å². The Kier molecular flexibility index (Phi) is 2.88. The summed E-state index contributed by atoms with van der Waals surface area (Å²) in [4.78, 5) is 11.6. The molecule has 1 N–H and O–H groups in total. The molecule has 0 radical (unpaired) electrons. The maximum atomic E-state index is 4.50. The molecule has 0 aromatic carbocycles. The van der Waals surface area contributed by atoms with E-state index in [9.17, 15) is 0 Å². The van der Waals surface area contributed by atoms with Crippen LogP contribution in [0.4, 0.5) is 5.82 Å². The number of piperidine rings is 1. The van der Waals surface area contributed by atoms with E-state index < -0.39 is 0 Å². The number of fused-ring (bicyclic) bond motifs is 2. The molecule has 0 aliphatic carbocycles. The van der Waals surface area contributed by atoms with Crippen molar-refractivity contribution in [3.63, 3.8) is 0 Å². The van der Waals surface area contributed by atoms with Crippen molar-refractivity contribution >= 4 is 16.9 Å². The second-order valence-electron chi connectivity index (χ2n) is 6.08. The van der Waals surface area contributed by atoms with Crippen molar-refractivity contribution < 1.29 is 0 Å². The fraction of sp³-hybridized carbons (Fsp3) is 0.600. The van der Waals surface area contributed by atoms with E-state index in [1.807, 2.05) is 30.2 Å². The maximum absolute atomic E-state index is 4.50. The number of aryl methyl sites for hydroxylation is 1. The first-order valence-corrected chi connectivity index (χ1v) is 7.58. The fourth-order valence-electron chi connectivity index (χ4n) is 3.72. The number of imidazole rings is 1. The molecule has 2 aliphatic heterocycles. The molecule has 0 spiro atoms. The molecular formula is C15H21N5. The molecule has 2 saturated heterocycles. The number of rotatable bonds is 2. The van der Waals surface area contributed by atoms with Gasteiger partial charge >= 0.3 is 0 Å². The zero-order valence-corrected chi connectivity index (χ0v) is 11.9. The van der Waals surface area contributed by atoms with Crippen LogP contribution in [0.25, 0.3) is 11.0 Å². The van der Waals surface area contributed by atoms with Gasteiger partial charge in [0.25, 0.3) is 0 Å². The van der Waals surface area contributed by atoms with Crippen LogP contribution in [0.3, 0.4) is 0 Å². The lowest BCUT2D eigenvalue weighted by Crippen LogP contribution is -2.42. The van der Waals surface area contributed by atoms with E-state index in [4.69, 9.17) is 0 Å². The van der Waals surface area contributed by atoms with Crippen LogP contribution in [0.2, 0.25) is 0 Å². The molecule has 0 bridgehead atoms. The van der Waals surface area contributed by atoms with Crippen LogP contribution in [-0.2, 0) is 7.05 Å². The van der Waals surface area contributed by atoms with Crippen LogP contribution in [0.1, 0.15) is 25.7 Å². The topological polar surface area (TPSA) is 46.0 Å². The van der Waals surface area contributed by atoms with Gasteiger partial charge in [-0.25, -0.2) is 9.97 Å². The van der Waals surface area contributed by atoms with E-state index in [-0.39, 0.29) is 0 Å². The minimum absolute atomic E-state index is 0.537. The lowest BCUT2D eigenvalue weighted by molar-refractivity contribution is 0.188. The highest BCUT2D eigenvalue weighted by Crippen LogP contribution is 2.29. The maximum Gasteiger partial charge on any atom is 0.154 e. The van der Waals surface area contributed by atoms with E-state index in [0.29, 0.717) is 6.04 Å². The van der Waals surface area contributed by atoms with Crippen LogP contribution >= 0.6 is 0 Å². The summed E-state index contributed by atoms with van der Waals surface area (Å²) in [6.45, 7) is 2.52. The zero-order valence-electron chi connectivity index (χ0n) is 11.9. The number of hydrogen-bond donors (Lipinski definition) is 1. The molecule has 2 fully saturated rings. The van der Waals surface area contributed by atoms with Gasteiger partial charge in [-0.1, -0.05) is 0 Å². The lowest BCUT2D eigenvalue weighted by atomic mass is 9.97. The molecule has 4 heterocycles. The highest BCUT2D eigenvalue weighted by atomic mass is 15.2. The van der Waals surface area contributed by atoms with Crippen LogP contribution in [0, 0.1) is 0 Å². The molecule has 2 aliphatic rings. The number of nitrogens with zero attached hydrogens (tertiary/aromatic N) is 4. The van der Waals surface area contributed by atoms with Gasteiger partial charge in [0.1, 0.15) is 5.52 Å². The van der Waals surface area contributed by atoms with E-state index in [2.05, 4.69) is 20.2 Å². The summed E-state index contributed by atoms with van der Waals surface area (Å²) in [5, 5.41) is 3.64. The molecule has 0 saturated carbocycles. The number of anilines is 1. The quantitative estimate of drug-likeness (QED) is 0.907. The minimum Gasteiger partial charge on any atom is -0.365 e. The van der Waals surface area contributed by atoms with Crippen molar-refractivity contribution in [3.8, 4) is 0 Å². The van der Waals surface area contributed by atoms with Gasteiger partial charge in [0.15, 0.2) is 5.82 Å². The summed E-state index contributed by atoms with van der Waals surface area (Å²) in [7, 11) is 2.02. The smallest absolute Gasteiger partial charge is 0.154 e.